The van der Waals surface area contributed by atoms with E-state index in [4.69, 9.17) is 16.7 Å². The SMILES string of the molecule is CC(=CCC(O)CN1c2ccccc2Sc2ccc(Cl)cc21)C(=O)O. The molecule has 0 radical (unpaired) electrons. The molecule has 1 unspecified atom stereocenters. The molecule has 6 heteroatoms. The molecule has 1 heterocycles. The highest BCUT2D eigenvalue weighted by Gasteiger charge is 2.25. The van der Waals surface area contributed by atoms with Gasteiger partial charge in [-0.2, -0.15) is 0 Å². The number of benzene rings is 2. The molecule has 0 amide bonds. The molecule has 2 aromatic carbocycles. The van der Waals surface area contributed by atoms with Crippen molar-refractivity contribution in [2.24, 2.45) is 0 Å². The normalized spacial score (nSPS) is 14.7. The van der Waals surface area contributed by atoms with E-state index in [-0.39, 0.29) is 12.0 Å². The molecule has 0 fully saturated rings. The number of aliphatic hydroxyl groups is 1. The number of β-amino-alcohol motifs (C(OH)–C–C–N with tert-alkyl or cyclic N) is 1. The van der Waals surface area contributed by atoms with E-state index in [2.05, 4.69) is 0 Å². The molecule has 0 aliphatic carbocycles. The summed E-state index contributed by atoms with van der Waals surface area (Å²) in [5.41, 5.74) is 2.20. The zero-order chi connectivity index (χ0) is 18.0. The molecule has 1 atom stereocenters. The summed E-state index contributed by atoms with van der Waals surface area (Å²) in [6.07, 6.45) is 1.13. The predicted molar refractivity (Wildman–Crippen MR) is 101 cm³/mol. The Hall–Kier alpha value is -1.95. The quantitative estimate of drug-likeness (QED) is 0.740. The Kier molecular flexibility index (Phi) is 5.37. The first-order valence-electron chi connectivity index (χ1n) is 7.88. The summed E-state index contributed by atoms with van der Waals surface area (Å²) in [6.45, 7) is 1.88. The summed E-state index contributed by atoms with van der Waals surface area (Å²) in [4.78, 5) is 15.1. The lowest BCUT2D eigenvalue weighted by molar-refractivity contribution is -0.132. The number of carbonyl (C=O) groups is 1. The van der Waals surface area contributed by atoms with Crippen molar-refractivity contribution < 1.29 is 15.0 Å². The number of nitrogens with zero attached hydrogens (tertiary/aromatic N) is 1. The average Bonchev–Trinajstić information content (AvgIpc) is 2.59. The van der Waals surface area contributed by atoms with Crippen LogP contribution in [-0.4, -0.2) is 28.8 Å². The number of hydrogen-bond acceptors (Lipinski definition) is 4. The van der Waals surface area contributed by atoms with Gasteiger partial charge in [-0.15, -0.1) is 0 Å². The first-order chi connectivity index (χ1) is 12.0. The van der Waals surface area contributed by atoms with Crippen molar-refractivity contribution in [1.29, 1.82) is 0 Å². The lowest BCUT2D eigenvalue weighted by atomic mass is 10.1. The molecule has 2 aromatic rings. The van der Waals surface area contributed by atoms with Crippen LogP contribution in [0.1, 0.15) is 13.3 Å². The van der Waals surface area contributed by atoms with Gasteiger partial charge in [0.25, 0.3) is 0 Å². The zero-order valence-corrected chi connectivity index (χ0v) is 15.2. The number of halogens is 1. The third-order valence-electron chi connectivity index (χ3n) is 4.01. The summed E-state index contributed by atoms with van der Waals surface area (Å²) in [5, 5.41) is 20.0. The smallest absolute Gasteiger partial charge is 0.330 e. The number of rotatable bonds is 5. The van der Waals surface area contributed by atoms with Gasteiger partial charge >= 0.3 is 5.97 Å². The van der Waals surface area contributed by atoms with Crippen LogP contribution in [0.3, 0.4) is 0 Å². The van der Waals surface area contributed by atoms with E-state index in [1.165, 1.54) is 6.92 Å². The number of para-hydroxylation sites is 1. The van der Waals surface area contributed by atoms with Gasteiger partial charge in [0.1, 0.15) is 0 Å². The van der Waals surface area contributed by atoms with E-state index in [0.29, 0.717) is 11.6 Å². The minimum Gasteiger partial charge on any atom is -0.478 e. The van der Waals surface area contributed by atoms with E-state index in [1.54, 1.807) is 17.8 Å². The van der Waals surface area contributed by atoms with Crippen LogP contribution < -0.4 is 4.90 Å². The molecule has 0 bridgehead atoms. The van der Waals surface area contributed by atoms with Gasteiger partial charge in [-0.05, 0) is 43.7 Å². The minimum absolute atomic E-state index is 0.233. The van der Waals surface area contributed by atoms with Crippen LogP contribution in [0, 0.1) is 0 Å². The van der Waals surface area contributed by atoms with Gasteiger partial charge in [-0.1, -0.05) is 41.6 Å². The highest BCUT2D eigenvalue weighted by molar-refractivity contribution is 7.99. The summed E-state index contributed by atoms with van der Waals surface area (Å²) < 4.78 is 0. The first-order valence-corrected chi connectivity index (χ1v) is 9.07. The number of carboxylic acids is 1. The highest BCUT2D eigenvalue weighted by atomic mass is 35.5. The van der Waals surface area contributed by atoms with Crippen LogP contribution in [0.15, 0.2) is 63.9 Å². The summed E-state index contributed by atoms with van der Waals surface area (Å²) in [5.74, 6) is -0.968. The number of hydrogen-bond donors (Lipinski definition) is 2. The summed E-state index contributed by atoms with van der Waals surface area (Å²) in [7, 11) is 0. The van der Waals surface area contributed by atoms with Crippen molar-refractivity contribution in [3.05, 3.63) is 59.1 Å². The molecule has 0 aromatic heterocycles. The van der Waals surface area contributed by atoms with Crippen LogP contribution in [-0.2, 0) is 4.79 Å². The highest BCUT2D eigenvalue weighted by Crippen LogP contribution is 2.48. The Labute approximate surface area is 155 Å². The second-order valence-corrected chi connectivity index (χ2v) is 7.39. The molecule has 0 saturated heterocycles. The van der Waals surface area contributed by atoms with Crippen LogP contribution in [0.4, 0.5) is 11.4 Å². The average molecular weight is 376 g/mol. The fraction of sp³-hybridized carbons (Fsp3) is 0.211. The van der Waals surface area contributed by atoms with Gasteiger partial charge in [-0.25, -0.2) is 4.79 Å². The van der Waals surface area contributed by atoms with Gasteiger partial charge in [0.05, 0.1) is 17.5 Å². The largest absolute Gasteiger partial charge is 0.478 e. The maximum absolute atomic E-state index is 10.9. The second kappa shape index (κ2) is 7.52. The number of anilines is 2. The van der Waals surface area contributed by atoms with Crippen molar-refractivity contribution in [3.63, 3.8) is 0 Å². The van der Waals surface area contributed by atoms with E-state index in [9.17, 15) is 9.90 Å². The van der Waals surface area contributed by atoms with Crippen molar-refractivity contribution in [3.8, 4) is 0 Å². The van der Waals surface area contributed by atoms with E-state index >= 15 is 0 Å². The Morgan fingerprint density at radius 2 is 1.96 bits per heavy atom. The maximum atomic E-state index is 10.9. The molecule has 2 N–H and O–H groups in total. The predicted octanol–water partition coefficient (Wildman–Crippen LogP) is 4.72. The Bertz CT molecular complexity index is 837. The number of aliphatic hydroxyl groups excluding tert-OH is 1. The van der Waals surface area contributed by atoms with E-state index in [1.807, 2.05) is 47.4 Å². The van der Waals surface area contributed by atoms with Crippen molar-refractivity contribution in [1.82, 2.24) is 0 Å². The molecule has 1 aliphatic heterocycles. The van der Waals surface area contributed by atoms with Gasteiger partial charge in [0, 0.05) is 26.9 Å². The standard InChI is InChI=1S/C19H18ClNO3S/c1-12(19(23)24)6-8-14(22)11-21-15-4-2-3-5-17(15)25-18-9-7-13(20)10-16(18)21/h2-7,9-10,14,22H,8,11H2,1H3,(H,23,24). The first kappa shape index (κ1) is 17.9. The van der Waals surface area contributed by atoms with Crippen molar-refractivity contribution in [2.75, 3.05) is 11.4 Å². The van der Waals surface area contributed by atoms with Gasteiger partial charge < -0.3 is 15.1 Å². The lowest BCUT2D eigenvalue weighted by Gasteiger charge is -2.34. The fourth-order valence-electron chi connectivity index (χ4n) is 2.68. The van der Waals surface area contributed by atoms with E-state index in [0.717, 1.165) is 21.2 Å². The zero-order valence-electron chi connectivity index (χ0n) is 13.6. The number of fused-ring (bicyclic) bond motifs is 2. The Balaban J connectivity index is 1.89. The topological polar surface area (TPSA) is 60.8 Å². The molecule has 0 spiro atoms. The molecular weight excluding hydrogens is 358 g/mol. The van der Waals surface area contributed by atoms with Crippen LogP contribution >= 0.6 is 23.4 Å². The Morgan fingerprint density at radius 1 is 1.24 bits per heavy atom. The third-order valence-corrected chi connectivity index (χ3v) is 5.38. The molecule has 25 heavy (non-hydrogen) atoms. The van der Waals surface area contributed by atoms with Gasteiger partial charge in [0.2, 0.25) is 0 Å². The van der Waals surface area contributed by atoms with Crippen LogP contribution in [0.25, 0.3) is 0 Å². The maximum Gasteiger partial charge on any atom is 0.330 e. The lowest BCUT2D eigenvalue weighted by Crippen LogP contribution is -2.30. The third kappa shape index (κ3) is 4.00. The number of aliphatic carboxylic acids is 1. The molecule has 0 saturated carbocycles. The van der Waals surface area contributed by atoms with Crippen molar-refractivity contribution >= 4 is 40.7 Å². The molecule has 130 valence electrons. The summed E-state index contributed by atoms with van der Waals surface area (Å²) in [6, 6.07) is 13.7. The number of carboxylic acid groups (broad SMARTS) is 1. The molecule has 1 aliphatic rings. The van der Waals surface area contributed by atoms with Gasteiger partial charge in [-0.3, -0.25) is 0 Å². The molecular formula is C19H18ClNO3S. The van der Waals surface area contributed by atoms with Crippen molar-refractivity contribution in [2.45, 2.75) is 29.2 Å². The van der Waals surface area contributed by atoms with Gasteiger partial charge in [0.15, 0.2) is 0 Å². The Morgan fingerprint density at radius 3 is 2.72 bits per heavy atom. The van der Waals surface area contributed by atoms with Crippen LogP contribution in [0.5, 0.6) is 0 Å². The molecule has 3 rings (SSSR count). The fourth-order valence-corrected chi connectivity index (χ4v) is 3.93. The molecule has 4 nitrogen and oxygen atoms in total. The minimum atomic E-state index is -0.968. The second-order valence-electron chi connectivity index (χ2n) is 5.87. The monoisotopic (exact) mass is 375 g/mol. The van der Waals surface area contributed by atoms with E-state index < -0.39 is 12.1 Å². The summed E-state index contributed by atoms with van der Waals surface area (Å²) >= 11 is 7.84. The van der Waals surface area contributed by atoms with Crippen LogP contribution in [0.2, 0.25) is 5.02 Å².